The van der Waals surface area contributed by atoms with Crippen molar-refractivity contribution in [3.05, 3.63) is 24.5 Å². The van der Waals surface area contributed by atoms with Gasteiger partial charge in [0, 0.05) is 30.4 Å². The summed E-state index contributed by atoms with van der Waals surface area (Å²) < 4.78 is 32.7. The van der Waals surface area contributed by atoms with Gasteiger partial charge in [-0.1, -0.05) is 0 Å². The maximum absolute atomic E-state index is 12.8. The molecule has 0 aromatic carbocycles. The maximum Gasteiger partial charge on any atom is 0.245 e. The molecule has 2 aromatic rings. The minimum Gasteiger partial charge on any atom is -0.375 e. The van der Waals surface area contributed by atoms with Crippen molar-refractivity contribution in [1.29, 1.82) is 0 Å². The van der Waals surface area contributed by atoms with E-state index in [4.69, 9.17) is 4.74 Å². The molecule has 2 aromatic heterocycles. The predicted molar refractivity (Wildman–Crippen MR) is 74.9 cm³/mol. The van der Waals surface area contributed by atoms with Gasteiger partial charge in [-0.15, -0.1) is 0 Å². The Bertz CT molecular complexity index is 725. The van der Waals surface area contributed by atoms with Gasteiger partial charge in [-0.05, 0) is 26.0 Å². The lowest BCUT2D eigenvalue weighted by atomic mass is 10.2. The third-order valence-electron chi connectivity index (χ3n) is 3.83. The molecule has 0 radical (unpaired) electrons. The number of nitrogens with zero attached hydrogens (tertiary/aromatic N) is 2. The average molecular weight is 295 g/mol. The quantitative estimate of drug-likeness (QED) is 0.907. The molecule has 0 amide bonds. The van der Waals surface area contributed by atoms with Crippen LogP contribution in [0.5, 0.6) is 0 Å². The summed E-state index contributed by atoms with van der Waals surface area (Å²) in [4.78, 5) is 7.32. The number of hydrogen-bond acceptors (Lipinski definition) is 4. The highest BCUT2D eigenvalue weighted by molar-refractivity contribution is 7.89. The Labute approximate surface area is 117 Å². The topological polar surface area (TPSA) is 75.3 Å². The minimum atomic E-state index is -3.55. The summed E-state index contributed by atoms with van der Waals surface area (Å²) in [5.41, 5.74) is 0.583. The van der Waals surface area contributed by atoms with Crippen molar-refractivity contribution in [2.45, 2.75) is 30.9 Å². The van der Waals surface area contributed by atoms with Gasteiger partial charge in [-0.3, -0.25) is 0 Å². The smallest absolute Gasteiger partial charge is 0.245 e. The lowest BCUT2D eigenvalue weighted by Crippen LogP contribution is -2.50. The van der Waals surface area contributed by atoms with Crippen LogP contribution in [0.15, 0.2) is 29.4 Å². The fourth-order valence-corrected chi connectivity index (χ4v) is 4.34. The molecule has 0 aliphatic carbocycles. The summed E-state index contributed by atoms with van der Waals surface area (Å²) >= 11 is 0. The Morgan fingerprint density at radius 2 is 2.25 bits per heavy atom. The van der Waals surface area contributed by atoms with Gasteiger partial charge in [0.1, 0.15) is 10.5 Å². The van der Waals surface area contributed by atoms with Gasteiger partial charge in [0.05, 0.1) is 12.7 Å². The minimum absolute atomic E-state index is 0.109. The summed E-state index contributed by atoms with van der Waals surface area (Å²) in [6, 6.07) is 3.32. The lowest BCUT2D eigenvalue weighted by Gasteiger charge is -2.36. The van der Waals surface area contributed by atoms with Gasteiger partial charge < -0.3 is 9.72 Å². The zero-order valence-electron chi connectivity index (χ0n) is 11.4. The number of aromatic amines is 1. The van der Waals surface area contributed by atoms with E-state index < -0.39 is 10.0 Å². The van der Waals surface area contributed by atoms with Gasteiger partial charge in [0.25, 0.3) is 0 Å². The fourth-order valence-electron chi connectivity index (χ4n) is 2.52. The summed E-state index contributed by atoms with van der Waals surface area (Å²) in [5, 5.41) is 0.624. The van der Waals surface area contributed by atoms with Crippen molar-refractivity contribution in [2.75, 3.05) is 13.2 Å². The number of nitrogens with one attached hydrogen (secondary N) is 1. The van der Waals surface area contributed by atoms with Crippen LogP contribution in [0, 0.1) is 0 Å². The van der Waals surface area contributed by atoms with Crippen molar-refractivity contribution in [3.8, 4) is 0 Å². The molecule has 20 heavy (non-hydrogen) atoms. The van der Waals surface area contributed by atoms with E-state index in [0.29, 0.717) is 24.2 Å². The van der Waals surface area contributed by atoms with E-state index in [1.54, 1.807) is 18.3 Å². The number of hydrogen-bond donors (Lipinski definition) is 1. The van der Waals surface area contributed by atoms with Gasteiger partial charge >= 0.3 is 0 Å². The Balaban J connectivity index is 2.08. The Morgan fingerprint density at radius 3 is 3.05 bits per heavy atom. The van der Waals surface area contributed by atoms with Crippen molar-refractivity contribution >= 4 is 21.1 Å². The van der Waals surface area contributed by atoms with E-state index in [2.05, 4.69) is 9.97 Å². The maximum atomic E-state index is 12.8. The number of H-pyrrole nitrogens is 1. The van der Waals surface area contributed by atoms with Crippen molar-refractivity contribution in [2.24, 2.45) is 0 Å². The SMILES string of the molecule is CC1OCCN(S(=O)(=O)c2c[nH]c3ncccc23)C1C. The first kappa shape index (κ1) is 13.5. The molecule has 0 bridgehead atoms. The highest BCUT2D eigenvalue weighted by Gasteiger charge is 2.36. The molecule has 0 spiro atoms. The number of rotatable bonds is 2. The predicted octanol–water partition coefficient (Wildman–Crippen LogP) is 1.36. The normalized spacial score (nSPS) is 25.1. The number of pyridine rings is 1. The fraction of sp³-hybridized carbons (Fsp3) is 0.462. The first-order valence-corrected chi connectivity index (χ1v) is 8.01. The number of morpholine rings is 1. The zero-order chi connectivity index (χ0) is 14.3. The van der Waals surface area contributed by atoms with Crippen molar-refractivity contribution in [1.82, 2.24) is 14.3 Å². The molecule has 108 valence electrons. The Kier molecular flexibility index (Phi) is 3.27. The lowest BCUT2D eigenvalue weighted by molar-refractivity contribution is -0.0231. The van der Waals surface area contributed by atoms with Crippen LogP contribution in [0.4, 0.5) is 0 Å². The summed E-state index contributed by atoms with van der Waals surface area (Å²) in [6.45, 7) is 4.56. The monoisotopic (exact) mass is 295 g/mol. The number of ether oxygens (including phenoxy) is 1. The van der Waals surface area contributed by atoms with E-state index in [9.17, 15) is 8.42 Å². The molecule has 1 fully saturated rings. The van der Waals surface area contributed by atoms with E-state index >= 15 is 0 Å². The third-order valence-corrected chi connectivity index (χ3v) is 5.85. The molecular formula is C13H17N3O3S. The molecule has 0 saturated carbocycles. The van der Waals surface area contributed by atoms with E-state index in [1.807, 2.05) is 13.8 Å². The molecule has 1 aliphatic heterocycles. The molecule has 6 nitrogen and oxygen atoms in total. The van der Waals surface area contributed by atoms with Crippen LogP contribution < -0.4 is 0 Å². The highest BCUT2D eigenvalue weighted by atomic mass is 32.2. The zero-order valence-corrected chi connectivity index (χ0v) is 12.2. The van der Waals surface area contributed by atoms with Crippen LogP contribution in [0.2, 0.25) is 0 Å². The molecule has 3 rings (SSSR count). The van der Waals surface area contributed by atoms with E-state index in [-0.39, 0.29) is 17.0 Å². The van der Waals surface area contributed by atoms with Crippen molar-refractivity contribution in [3.63, 3.8) is 0 Å². The molecule has 2 unspecified atom stereocenters. The average Bonchev–Trinajstić information content (AvgIpc) is 2.86. The molecule has 7 heteroatoms. The number of fused-ring (bicyclic) bond motifs is 1. The highest BCUT2D eigenvalue weighted by Crippen LogP contribution is 2.28. The molecule has 1 saturated heterocycles. The van der Waals surface area contributed by atoms with Gasteiger partial charge in [-0.2, -0.15) is 4.31 Å². The van der Waals surface area contributed by atoms with Crippen LogP contribution in [0.3, 0.4) is 0 Å². The molecule has 1 N–H and O–H groups in total. The molecule has 1 aliphatic rings. The summed E-state index contributed by atoms with van der Waals surface area (Å²) in [5.74, 6) is 0. The van der Waals surface area contributed by atoms with Gasteiger partial charge in [0.15, 0.2) is 0 Å². The molecule has 3 heterocycles. The van der Waals surface area contributed by atoms with Crippen LogP contribution in [-0.2, 0) is 14.8 Å². The summed E-state index contributed by atoms with van der Waals surface area (Å²) in [6.07, 6.45) is 3.04. The first-order chi connectivity index (χ1) is 9.51. The van der Waals surface area contributed by atoms with Crippen LogP contribution in [-0.4, -0.2) is 48.0 Å². The van der Waals surface area contributed by atoms with Crippen molar-refractivity contribution < 1.29 is 13.2 Å². The van der Waals surface area contributed by atoms with Gasteiger partial charge in [0.2, 0.25) is 10.0 Å². The summed E-state index contributed by atoms with van der Waals surface area (Å²) in [7, 11) is -3.55. The second-order valence-electron chi connectivity index (χ2n) is 4.98. The van der Waals surface area contributed by atoms with Crippen LogP contribution >= 0.6 is 0 Å². The molecular weight excluding hydrogens is 278 g/mol. The van der Waals surface area contributed by atoms with Crippen LogP contribution in [0.25, 0.3) is 11.0 Å². The number of sulfonamides is 1. The molecule has 2 atom stereocenters. The third kappa shape index (κ3) is 2.02. The van der Waals surface area contributed by atoms with E-state index in [1.165, 1.54) is 10.5 Å². The van der Waals surface area contributed by atoms with E-state index in [0.717, 1.165) is 0 Å². The van der Waals surface area contributed by atoms with Crippen LogP contribution in [0.1, 0.15) is 13.8 Å². The second kappa shape index (κ2) is 4.83. The second-order valence-corrected chi connectivity index (χ2v) is 6.84. The standard InChI is InChI=1S/C13H17N3O3S/c1-9-10(2)19-7-6-16(9)20(17,18)12-8-15-13-11(12)4-3-5-14-13/h3-5,8-10H,6-7H2,1-2H3,(H,14,15). The largest absolute Gasteiger partial charge is 0.375 e. The Morgan fingerprint density at radius 1 is 1.45 bits per heavy atom. The Hall–Kier alpha value is -1.44. The van der Waals surface area contributed by atoms with Gasteiger partial charge in [-0.25, -0.2) is 13.4 Å². The first-order valence-electron chi connectivity index (χ1n) is 6.57. The number of aromatic nitrogens is 2.